The maximum absolute atomic E-state index is 17.4. The van der Waals surface area contributed by atoms with Crippen molar-refractivity contribution >= 4 is 111 Å². The highest BCUT2D eigenvalue weighted by Gasteiger charge is 2.40. The first-order chi connectivity index (χ1) is 73.7. The molecule has 2 heterocycles. The minimum Gasteiger partial charge on any atom is -0.456 e. The molecule has 0 N–H and O–H groups in total. The lowest BCUT2D eigenvalue weighted by Gasteiger charge is -2.31. The fourth-order valence-electron chi connectivity index (χ4n) is 23.8. The summed E-state index contributed by atoms with van der Waals surface area (Å²) in [4.78, 5) is 8.92. The molecule has 8 heteroatoms. The van der Waals surface area contributed by atoms with Crippen LogP contribution in [0, 0.1) is 11.6 Å². The van der Waals surface area contributed by atoms with Gasteiger partial charge >= 0.3 is 0 Å². The van der Waals surface area contributed by atoms with E-state index in [0.717, 1.165) is 173 Å². The molecule has 6 nitrogen and oxygen atoms in total. The Balaban J connectivity index is 0.000000148. The van der Waals surface area contributed by atoms with Crippen molar-refractivity contribution in [2.24, 2.45) is 0 Å². The molecule has 0 fully saturated rings. The van der Waals surface area contributed by atoms with Crippen molar-refractivity contribution in [3.63, 3.8) is 0 Å². The van der Waals surface area contributed by atoms with Gasteiger partial charge in [0, 0.05) is 107 Å². The van der Waals surface area contributed by atoms with E-state index in [4.69, 9.17) is 9.47 Å². The van der Waals surface area contributed by atoms with Crippen LogP contribution in [0.15, 0.2) is 522 Å². The van der Waals surface area contributed by atoms with Crippen LogP contribution in [-0.2, 0) is 10.8 Å². The number of halogens is 2. The van der Waals surface area contributed by atoms with Gasteiger partial charge in [-0.1, -0.05) is 380 Å². The Labute approximate surface area is 871 Å². The van der Waals surface area contributed by atoms with Crippen LogP contribution in [0.2, 0.25) is 0 Å². The summed E-state index contributed by atoms with van der Waals surface area (Å²) in [5.41, 5.74) is 36.6. The van der Waals surface area contributed by atoms with Crippen molar-refractivity contribution < 1.29 is 18.3 Å². The van der Waals surface area contributed by atoms with Gasteiger partial charge in [0.15, 0.2) is 0 Å². The monoisotopic (exact) mass is 1930 g/mol. The van der Waals surface area contributed by atoms with Crippen LogP contribution in [0.3, 0.4) is 0 Å². The van der Waals surface area contributed by atoms with Crippen LogP contribution in [0.5, 0.6) is 23.0 Å². The lowest BCUT2D eigenvalue weighted by molar-refractivity contribution is 0.487. The fourth-order valence-corrected chi connectivity index (χ4v) is 23.8. The Morgan fingerprint density at radius 1 is 0.173 bits per heavy atom. The minimum atomic E-state index is -0.349. The molecule has 0 aromatic heterocycles. The number of hydrogen-bond donors (Lipinski definition) is 0. The van der Waals surface area contributed by atoms with Crippen molar-refractivity contribution in [1.82, 2.24) is 0 Å². The molecule has 0 saturated carbocycles. The molecule has 0 amide bonds. The second-order valence-electron chi connectivity index (χ2n) is 40.3. The van der Waals surface area contributed by atoms with Gasteiger partial charge in [-0.3, -0.25) is 0 Å². The Morgan fingerprint density at radius 3 is 0.853 bits per heavy atom. The van der Waals surface area contributed by atoms with E-state index in [2.05, 4.69) is 347 Å². The van der Waals surface area contributed by atoms with Crippen molar-refractivity contribution in [2.45, 2.75) is 38.5 Å². The topological polar surface area (TPSA) is 31.4 Å². The molecular formula is C142H98F2N4O2. The Hall–Kier alpha value is -19.0. The van der Waals surface area contributed by atoms with Crippen LogP contribution < -0.4 is 29.1 Å². The molecule has 24 aromatic carbocycles. The van der Waals surface area contributed by atoms with E-state index >= 15 is 8.78 Å². The number of rotatable bonds is 18. The third-order valence-electron chi connectivity index (χ3n) is 30.9. The van der Waals surface area contributed by atoms with Crippen LogP contribution in [-0.4, -0.2) is 0 Å². The maximum atomic E-state index is 17.4. The van der Waals surface area contributed by atoms with Gasteiger partial charge in [0.25, 0.3) is 0 Å². The van der Waals surface area contributed by atoms with Gasteiger partial charge in [-0.2, -0.15) is 0 Å². The zero-order valence-corrected chi connectivity index (χ0v) is 83.0. The summed E-state index contributed by atoms with van der Waals surface area (Å²) in [5.74, 6) is 2.38. The number of para-hydroxylation sites is 4. The van der Waals surface area contributed by atoms with Crippen molar-refractivity contribution in [3.8, 4) is 134 Å². The third kappa shape index (κ3) is 15.3. The number of nitrogens with zero attached hydrogens (tertiary/aromatic N) is 4. The zero-order valence-electron chi connectivity index (χ0n) is 83.0. The number of hydrogen-bond acceptors (Lipinski definition) is 6. The largest absolute Gasteiger partial charge is 0.456 e. The lowest BCUT2D eigenvalue weighted by Crippen LogP contribution is -2.17. The van der Waals surface area contributed by atoms with Gasteiger partial charge in [0.05, 0.1) is 28.4 Å². The Morgan fingerprint density at radius 2 is 0.467 bits per heavy atom. The predicted molar refractivity (Wildman–Crippen MR) is 620 cm³/mol. The molecule has 150 heavy (non-hydrogen) atoms. The minimum absolute atomic E-state index is 0.152. The molecule has 0 saturated heterocycles. The second kappa shape index (κ2) is 36.6. The van der Waals surface area contributed by atoms with E-state index in [1.807, 2.05) is 210 Å². The first-order valence-electron chi connectivity index (χ1n) is 51.4. The molecule has 0 atom stereocenters. The average Bonchev–Trinajstić information content (AvgIpc) is 1.03. The SMILES string of the molecule is CC1(C)c2ccccc2-c2ccc(N(c3ccc4c(c3)Oc3cccc5c3c-4cc3ccc(N(c4ccc6c(c4)C(C)(C)c4ccccc4-6)c4ccccc4-c4ccccc4)cc35)c3ccccc3-c3ccccc3)cc21.Fc1cc(-c2ccccc2)cc(-c2ccccc2)c1N(c1ccccc1)c1ccc2c(c1)Oc1cccc3c1c-2cc1ccc(N(c2ccccc2)c2c(F)cc(-c4ccccc4)cc2-c2ccccc2)cc13. The van der Waals surface area contributed by atoms with Crippen LogP contribution in [0.4, 0.5) is 77.0 Å². The van der Waals surface area contributed by atoms with Crippen LogP contribution in [0.1, 0.15) is 49.9 Å². The molecule has 0 radical (unpaired) electrons. The first-order valence-corrected chi connectivity index (χ1v) is 51.4. The molecule has 0 unspecified atom stereocenters. The molecular weight excluding hydrogens is 1830 g/mol. The van der Waals surface area contributed by atoms with Gasteiger partial charge in [-0.05, 0) is 290 Å². The summed E-state index contributed by atoms with van der Waals surface area (Å²) in [6.07, 6.45) is 0. The van der Waals surface area contributed by atoms with E-state index in [9.17, 15) is 0 Å². The zero-order chi connectivity index (χ0) is 100. The summed E-state index contributed by atoms with van der Waals surface area (Å²) in [5, 5.41) is 8.65. The summed E-state index contributed by atoms with van der Waals surface area (Å²) in [6.45, 7) is 9.43. The fraction of sp³-hybridized carbons (Fsp3) is 0.0423. The van der Waals surface area contributed by atoms with E-state index in [1.165, 1.54) is 72.0 Å². The van der Waals surface area contributed by atoms with E-state index in [1.54, 1.807) is 12.1 Å². The molecule has 0 bridgehead atoms. The smallest absolute Gasteiger partial charge is 0.148 e. The molecule has 0 spiro atoms. The summed E-state index contributed by atoms with van der Waals surface area (Å²) >= 11 is 0. The van der Waals surface area contributed by atoms with Crippen molar-refractivity contribution in [2.75, 3.05) is 19.6 Å². The molecule has 2 aliphatic heterocycles. The molecule has 28 rings (SSSR count). The highest BCUT2D eigenvalue weighted by Crippen LogP contribution is 2.60. The third-order valence-corrected chi connectivity index (χ3v) is 30.9. The van der Waals surface area contributed by atoms with Gasteiger partial charge in [0.2, 0.25) is 0 Å². The normalized spacial score (nSPS) is 12.7. The molecule has 4 aliphatic rings. The second-order valence-corrected chi connectivity index (χ2v) is 40.3. The Kier molecular flexibility index (Phi) is 21.9. The van der Waals surface area contributed by atoms with Crippen LogP contribution in [0.25, 0.3) is 154 Å². The van der Waals surface area contributed by atoms with Gasteiger partial charge < -0.3 is 29.1 Å². The summed E-state index contributed by atoms with van der Waals surface area (Å²) < 4.78 is 48.8. The summed E-state index contributed by atoms with van der Waals surface area (Å²) in [6, 6.07) is 182. The molecule has 712 valence electrons. The quantitative estimate of drug-likeness (QED) is 0.0796. The maximum Gasteiger partial charge on any atom is 0.148 e. The number of fused-ring (bicyclic) bond motifs is 14. The Bertz CT molecular complexity index is 9480. The average molecular weight is 1930 g/mol. The van der Waals surface area contributed by atoms with E-state index in [0.29, 0.717) is 22.9 Å². The summed E-state index contributed by atoms with van der Waals surface area (Å²) in [7, 11) is 0. The standard InChI is InChI=1S/C74H54N2O.C68H44F2N2O/c1-73(2)64-29-15-11-26-56(64)58-39-36-51(44-66(58)73)75(68-31-17-13-24-54(68)47-20-7-5-8-21-47)50-35-34-49-42-63-60-41-38-53(46-71(60)77-70-33-19-28-61(72(63)70)62(49)43-50)76(69-32-18-14-25-55(69)48-22-9-6-10-23-48)52-37-40-59-57-27-12-16-30-65(57)74(3,4)67(59)45-52;69-62-41-50(45-20-7-1-8-21-45)39-59(47-24-11-3-12-25-47)67(62)71(52-28-15-5-16-29-52)54-35-34-49-38-61-56-37-36-55(44-65(56)73-64-33-19-32-57(66(61)64)58(49)43-54)72(53-30-17-6-18-31-53)68-60(48-26-13-4-14-27-48)40-51(42-63(68)70)46-22-9-2-10-23-46/h5-46H,1-4H3;1-44H. The van der Waals surface area contributed by atoms with Crippen LogP contribution >= 0.6 is 0 Å². The van der Waals surface area contributed by atoms with Gasteiger partial charge in [0.1, 0.15) is 34.6 Å². The molecule has 2 aliphatic carbocycles. The van der Waals surface area contributed by atoms with Gasteiger partial charge in [-0.25, -0.2) is 8.78 Å². The number of benzene rings is 24. The first kappa shape index (κ1) is 89.8. The molecule has 24 aromatic rings. The van der Waals surface area contributed by atoms with Crippen molar-refractivity contribution in [1.29, 1.82) is 0 Å². The lowest BCUT2D eigenvalue weighted by atomic mass is 9.82. The van der Waals surface area contributed by atoms with Gasteiger partial charge in [-0.15, -0.1) is 0 Å². The highest BCUT2D eigenvalue weighted by atomic mass is 19.1. The van der Waals surface area contributed by atoms with E-state index in [-0.39, 0.29) is 22.5 Å². The highest BCUT2D eigenvalue weighted by molar-refractivity contribution is 6.20. The predicted octanol–water partition coefficient (Wildman–Crippen LogP) is 40.3. The van der Waals surface area contributed by atoms with E-state index < -0.39 is 0 Å². The number of anilines is 12. The number of ether oxygens (including phenoxy) is 2. The van der Waals surface area contributed by atoms with Crippen molar-refractivity contribution in [3.05, 3.63) is 556 Å².